The largest absolute Gasteiger partial charge is 0.0810 e. The lowest BCUT2D eigenvalue weighted by molar-refractivity contribution is 0.695. The first-order valence-electron chi connectivity index (χ1n) is 6.91. The van der Waals surface area contributed by atoms with Crippen molar-refractivity contribution in [3.05, 3.63) is 34.4 Å². The highest BCUT2D eigenvalue weighted by molar-refractivity contribution is 5.30. The monoisotopic (exact) mass is 216 g/mol. The number of allylic oxidation sites excluding steroid dienone is 6. The molecule has 2 aliphatic carbocycles. The molecule has 0 nitrogen and oxygen atoms in total. The molecule has 0 heterocycles. The Morgan fingerprint density at radius 3 is 2.38 bits per heavy atom. The van der Waals surface area contributed by atoms with E-state index in [0.29, 0.717) is 0 Å². The first-order valence-corrected chi connectivity index (χ1v) is 6.91. The predicted octanol–water partition coefficient (Wildman–Crippen LogP) is 5.32. The Kier molecular flexibility index (Phi) is 4.04. The zero-order valence-electron chi connectivity index (χ0n) is 10.8. The van der Waals surface area contributed by atoms with Crippen LogP contribution in [0.4, 0.5) is 0 Å². The van der Waals surface area contributed by atoms with E-state index < -0.39 is 0 Å². The molecule has 0 atom stereocenters. The van der Waals surface area contributed by atoms with Crippen LogP contribution in [0.25, 0.3) is 0 Å². The van der Waals surface area contributed by atoms with E-state index in [0.717, 1.165) is 0 Å². The van der Waals surface area contributed by atoms with Crippen LogP contribution in [0.1, 0.15) is 65.2 Å². The van der Waals surface area contributed by atoms with Gasteiger partial charge in [0, 0.05) is 0 Å². The molecular formula is C16H24. The summed E-state index contributed by atoms with van der Waals surface area (Å²) in [4.78, 5) is 0. The maximum atomic E-state index is 2.45. The van der Waals surface area contributed by atoms with Crippen molar-refractivity contribution in [3.8, 4) is 0 Å². The Balaban J connectivity index is 1.87. The van der Waals surface area contributed by atoms with E-state index in [9.17, 15) is 0 Å². The lowest BCUT2D eigenvalue weighted by atomic mass is 9.82. The minimum Gasteiger partial charge on any atom is -0.0810 e. The van der Waals surface area contributed by atoms with Gasteiger partial charge in [-0.2, -0.15) is 0 Å². The summed E-state index contributed by atoms with van der Waals surface area (Å²) >= 11 is 0. The van der Waals surface area contributed by atoms with Crippen molar-refractivity contribution in [3.63, 3.8) is 0 Å². The van der Waals surface area contributed by atoms with E-state index in [1.54, 1.807) is 22.3 Å². The number of hydrogen-bond donors (Lipinski definition) is 0. The Morgan fingerprint density at radius 1 is 0.938 bits per heavy atom. The minimum atomic E-state index is 1.24. The molecule has 0 heteroatoms. The number of hydrogen-bond acceptors (Lipinski definition) is 0. The van der Waals surface area contributed by atoms with Crippen LogP contribution in [-0.2, 0) is 0 Å². The summed E-state index contributed by atoms with van der Waals surface area (Å²) < 4.78 is 0. The van der Waals surface area contributed by atoms with Crippen molar-refractivity contribution in [2.24, 2.45) is 0 Å². The van der Waals surface area contributed by atoms with E-state index in [4.69, 9.17) is 0 Å². The van der Waals surface area contributed by atoms with Gasteiger partial charge in [-0.05, 0) is 51.4 Å². The van der Waals surface area contributed by atoms with Crippen molar-refractivity contribution >= 4 is 0 Å². The Hall–Kier alpha value is -0.780. The first-order chi connectivity index (χ1) is 7.83. The zero-order chi connectivity index (χ0) is 11.4. The molecule has 0 amide bonds. The molecule has 0 fully saturated rings. The second-order valence-corrected chi connectivity index (χ2v) is 5.03. The molecule has 2 rings (SSSR count). The second-order valence-electron chi connectivity index (χ2n) is 5.03. The smallest absolute Gasteiger partial charge is 0.0245 e. The normalized spacial score (nSPS) is 20.4. The van der Waals surface area contributed by atoms with E-state index in [2.05, 4.69) is 26.0 Å². The molecule has 0 aromatic carbocycles. The predicted molar refractivity (Wildman–Crippen MR) is 71.5 cm³/mol. The molecule has 2 aliphatic rings. The molecule has 88 valence electrons. The van der Waals surface area contributed by atoms with Gasteiger partial charge >= 0.3 is 0 Å². The fourth-order valence-corrected chi connectivity index (χ4v) is 2.79. The minimum absolute atomic E-state index is 1.24. The summed E-state index contributed by atoms with van der Waals surface area (Å²) in [7, 11) is 0. The van der Waals surface area contributed by atoms with Crippen LogP contribution in [0.15, 0.2) is 34.4 Å². The van der Waals surface area contributed by atoms with E-state index in [1.807, 2.05) is 0 Å². The summed E-state index contributed by atoms with van der Waals surface area (Å²) in [5.74, 6) is 0. The van der Waals surface area contributed by atoms with Crippen LogP contribution < -0.4 is 0 Å². The summed E-state index contributed by atoms with van der Waals surface area (Å²) in [6, 6.07) is 0. The average Bonchev–Trinajstić information content (AvgIpc) is 2.29. The van der Waals surface area contributed by atoms with Crippen LogP contribution in [0.3, 0.4) is 0 Å². The van der Waals surface area contributed by atoms with Gasteiger partial charge in [-0.3, -0.25) is 0 Å². The summed E-state index contributed by atoms with van der Waals surface area (Å²) in [6.07, 6.45) is 15.3. The standard InChI is InChI=1S/C16H24/c1-3-13-6-5-7-14(12-13)8-9-16-11-10-15(16)4-2/h7,12H,3-6,8-11H2,1-2H3. The van der Waals surface area contributed by atoms with Gasteiger partial charge in [-0.1, -0.05) is 48.3 Å². The lowest BCUT2D eigenvalue weighted by Gasteiger charge is -2.23. The van der Waals surface area contributed by atoms with Crippen molar-refractivity contribution in [1.29, 1.82) is 0 Å². The van der Waals surface area contributed by atoms with Gasteiger partial charge in [0.15, 0.2) is 0 Å². The topological polar surface area (TPSA) is 0 Å². The third kappa shape index (κ3) is 2.66. The van der Waals surface area contributed by atoms with Gasteiger partial charge in [0.1, 0.15) is 0 Å². The molecule has 0 aliphatic heterocycles. The molecule has 0 aromatic rings. The third-order valence-corrected chi connectivity index (χ3v) is 4.09. The Labute approximate surface area is 100 Å². The molecule has 0 unspecified atom stereocenters. The molecule has 0 bridgehead atoms. The molecule has 16 heavy (non-hydrogen) atoms. The Morgan fingerprint density at radius 2 is 1.75 bits per heavy atom. The molecule has 0 saturated heterocycles. The fourth-order valence-electron chi connectivity index (χ4n) is 2.79. The van der Waals surface area contributed by atoms with Gasteiger partial charge in [-0.15, -0.1) is 0 Å². The molecule has 0 saturated carbocycles. The number of rotatable bonds is 5. The molecule has 0 aromatic heterocycles. The third-order valence-electron chi connectivity index (χ3n) is 4.09. The maximum Gasteiger partial charge on any atom is -0.0245 e. The summed E-state index contributed by atoms with van der Waals surface area (Å²) in [5, 5.41) is 0. The van der Waals surface area contributed by atoms with Gasteiger partial charge in [0.05, 0.1) is 0 Å². The zero-order valence-corrected chi connectivity index (χ0v) is 10.8. The van der Waals surface area contributed by atoms with E-state index >= 15 is 0 Å². The van der Waals surface area contributed by atoms with E-state index in [1.165, 1.54) is 51.4 Å². The maximum absolute atomic E-state index is 2.45. The molecule has 0 N–H and O–H groups in total. The van der Waals surface area contributed by atoms with Gasteiger partial charge < -0.3 is 0 Å². The Bertz CT molecular complexity index is 339. The highest BCUT2D eigenvalue weighted by Gasteiger charge is 2.15. The van der Waals surface area contributed by atoms with Gasteiger partial charge in [0.25, 0.3) is 0 Å². The quantitative estimate of drug-likeness (QED) is 0.545. The van der Waals surface area contributed by atoms with Gasteiger partial charge in [-0.25, -0.2) is 0 Å². The lowest BCUT2D eigenvalue weighted by Crippen LogP contribution is -2.04. The van der Waals surface area contributed by atoms with Crippen molar-refractivity contribution in [1.82, 2.24) is 0 Å². The summed E-state index contributed by atoms with van der Waals surface area (Å²) in [5.41, 5.74) is 6.75. The fraction of sp³-hybridized carbons (Fsp3) is 0.625. The van der Waals surface area contributed by atoms with E-state index in [-0.39, 0.29) is 0 Å². The molecule has 0 radical (unpaired) electrons. The highest BCUT2D eigenvalue weighted by Crippen LogP contribution is 2.35. The molecular weight excluding hydrogens is 192 g/mol. The van der Waals surface area contributed by atoms with Crippen molar-refractivity contribution in [2.45, 2.75) is 65.2 Å². The SMILES string of the molecule is CCC1=CC(CCC2=C(CC)CC2)=CCC1. The van der Waals surface area contributed by atoms with Crippen LogP contribution in [0, 0.1) is 0 Å². The van der Waals surface area contributed by atoms with Crippen molar-refractivity contribution in [2.75, 3.05) is 0 Å². The van der Waals surface area contributed by atoms with Crippen LogP contribution >= 0.6 is 0 Å². The van der Waals surface area contributed by atoms with Crippen molar-refractivity contribution < 1.29 is 0 Å². The van der Waals surface area contributed by atoms with Crippen LogP contribution in [-0.4, -0.2) is 0 Å². The summed E-state index contributed by atoms with van der Waals surface area (Å²) in [6.45, 7) is 4.57. The van der Waals surface area contributed by atoms with Gasteiger partial charge in [0.2, 0.25) is 0 Å². The first kappa shape index (κ1) is 11.7. The second kappa shape index (κ2) is 5.52. The highest BCUT2D eigenvalue weighted by atomic mass is 14.2. The average molecular weight is 216 g/mol. The van der Waals surface area contributed by atoms with Crippen LogP contribution in [0.5, 0.6) is 0 Å². The van der Waals surface area contributed by atoms with Crippen LogP contribution in [0.2, 0.25) is 0 Å². The molecule has 0 spiro atoms.